The first-order chi connectivity index (χ1) is 18.9. The van der Waals surface area contributed by atoms with Crippen LogP contribution in [0.5, 0.6) is 5.75 Å². The number of halogens is 2. The van der Waals surface area contributed by atoms with Crippen LogP contribution < -0.4 is 16.0 Å². The molecule has 1 saturated heterocycles. The maximum atomic E-state index is 13.8. The SMILES string of the molecule is Cc1noc(-c2ccc(Cn3c(=O)c4cc(OC(CF)CF)ccc4n(C4CCN(C=O)CC4)c3=O)cc2)n1. The standard InChI is InChI=1S/C27H27F2N5O5/c1-17-30-25(39-31-17)19-4-2-18(3-5-19)15-33-26(36)23-12-21(38-22(13-28)14-29)6-7-24(23)34(27(33)37)20-8-10-32(16-35)11-9-20/h2-7,12,16,20,22H,8-11,13-15H2,1H3. The van der Waals surface area contributed by atoms with Gasteiger partial charge >= 0.3 is 5.69 Å². The molecule has 10 nitrogen and oxygen atoms in total. The van der Waals surface area contributed by atoms with Gasteiger partial charge < -0.3 is 14.2 Å². The average molecular weight is 540 g/mol. The Bertz CT molecular complexity index is 1590. The van der Waals surface area contributed by atoms with Gasteiger partial charge in [0.15, 0.2) is 11.9 Å². The number of hydrogen-bond acceptors (Lipinski definition) is 7. The van der Waals surface area contributed by atoms with Gasteiger partial charge in [-0.15, -0.1) is 0 Å². The minimum atomic E-state index is -1.29. The second-order valence-electron chi connectivity index (χ2n) is 9.49. The Morgan fingerprint density at radius 2 is 1.82 bits per heavy atom. The van der Waals surface area contributed by atoms with E-state index < -0.39 is 30.7 Å². The Kier molecular flexibility index (Phi) is 7.53. The highest BCUT2D eigenvalue weighted by molar-refractivity contribution is 5.80. The predicted molar refractivity (Wildman–Crippen MR) is 138 cm³/mol. The van der Waals surface area contributed by atoms with E-state index in [-0.39, 0.29) is 23.7 Å². The van der Waals surface area contributed by atoms with Gasteiger partial charge in [0.05, 0.1) is 17.4 Å². The molecule has 0 N–H and O–H groups in total. The number of ether oxygens (including phenoxy) is 1. The molecule has 1 aliphatic rings. The van der Waals surface area contributed by atoms with Crippen molar-refractivity contribution in [3.63, 3.8) is 0 Å². The highest BCUT2D eigenvalue weighted by Crippen LogP contribution is 2.26. The lowest BCUT2D eigenvalue weighted by atomic mass is 10.0. The summed E-state index contributed by atoms with van der Waals surface area (Å²) < 4.78 is 39.5. The molecular formula is C27H27F2N5O5. The number of benzene rings is 2. The van der Waals surface area contributed by atoms with Gasteiger partial charge in [-0.1, -0.05) is 17.3 Å². The summed E-state index contributed by atoms with van der Waals surface area (Å²) in [6.45, 7) is 0.626. The van der Waals surface area contributed by atoms with Crippen molar-refractivity contribution < 1.29 is 22.8 Å². The Morgan fingerprint density at radius 3 is 2.44 bits per heavy atom. The second kappa shape index (κ2) is 11.2. The average Bonchev–Trinajstić information content (AvgIpc) is 3.41. The molecule has 0 aliphatic carbocycles. The van der Waals surface area contributed by atoms with E-state index in [1.165, 1.54) is 12.1 Å². The van der Waals surface area contributed by atoms with Crippen LogP contribution in [-0.4, -0.2) is 63.1 Å². The van der Waals surface area contributed by atoms with Gasteiger partial charge in [-0.3, -0.25) is 18.7 Å². The monoisotopic (exact) mass is 539 g/mol. The Balaban J connectivity index is 1.57. The fourth-order valence-corrected chi connectivity index (χ4v) is 4.82. The lowest BCUT2D eigenvalue weighted by molar-refractivity contribution is -0.119. The van der Waals surface area contributed by atoms with Gasteiger partial charge in [-0.25, -0.2) is 13.6 Å². The van der Waals surface area contributed by atoms with Gasteiger partial charge in [0.1, 0.15) is 19.1 Å². The zero-order valence-corrected chi connectivity index (χ0v) is 21.3. The van der Waals surface area contributed by atoms with Crippen molar-refractivity contribution in [2.75, 3.05) is 26.4 Å². The zero-order valence-electron chi connectivity index (χ0n) is 21.3. The van der Waals surface area contributed by atoms with Crippen LogP contribution in [0.25, 0.3) is 22.4 Å². The number of piperidine rings is 1. The van der Waals surface area contributed by atoms with E-state index in [2.05, 4.69) is 10.1 Å². The minimum absolute atomic E-state index is 0.00734. The summed E-state index contributed by atoms with van der Waals surface area (Å²) >= 11 is 0. The van der Waals surface area contributed by atoms with Gasteiger partial charge in [0.2, 0.25) is 6.41 Å². The van der Waals surface area contributed by atoms with Crippen molar-refractivity contribution in [3.05, 3.63) is 74.7 Å². The van der Waals surface area contributed by atoms with Crippen LogP contribution in [-0.2, 0) is 11.3 Å². The third-order valence-corrected chi connectivity index (χ3v) is 6.87. The quantitative estimate of drug-likeness (QED) is 0.301. The number of carbonyl (C=O) groups excluding carboxylic acids is 1. The van der Waals surface area contributed by atoms with Crippen LogP contribution in [0.2, 0.25) is 0 Å². The van der Waals surface area contributed by atoms with Gasteiger partial charge in [0, 0.05) is 24.7 Å². The molecule has 0 radical (unpaired) electrons. The summed E-state index contributed by atoms with van der Waals surface area (Å²) in [5.41, 5.74) is 0.764. The summed E-state index contributed by atoms with van der Waals surface area (Å²) in [6.07, 6.45) is 0.569. The molecule has 2 aromatic heterocycles. The Labute approximate surface area is 221 Å². The molecule has 2 aromatic carbocycles. The van der Waals surface area contributed by atoms with Gasteiger partial charge in [-0.2, -0.15) is 4.98 Å². The summed E-state index contributed by atoms with van der Waals surface area (Å²) in [5, 5.41) is 3.98. The third-order valence-electron chi connectivity index (χ3n) is 6.87. The lowest BCUT2D eigenvalue weighted by Crippen LogP contribution is -2.44. The normalized spacial score (nSPS) is 14.3. The second-order valence-corrected chi connectivity index (χ2v) is 9.49. The molecule has 5 rings (SSSR count). The minimum Gasteiger partial charge on any atom is -0.485 e. The number of carbonyl (C=O) groups is 1. The largest absolute Gasteiger partial charge is 0.485 e. The van der Waals surface area contributed by atoms with Crippen molar-refractivity contribution in [1.82, 2.24) is 24.2 Å². The van der Waals surface area contributed by atoms with Crippen molar-refractivity contribution >= 4 is 17.3 Å². The molecule has 204 valence electrons. The number of aromatic nitrogens is 4. The summed E-state index contributed by atoms with van der Waals surface area (Å²) in [7, 11) is 0. The number of hydrogen-bond donors (Lipinski definition) is 0. The van der Waals surface area contributed by atoms with Crippen LogP contribution in [0, 0.1) is 6.92 Å². The first-order valence-electron chi connectivity index (χ1n) is 12.6. The van der Waals surface area contributed by atoms with E-state index in [0.29, 0.717) is 54.3 Å². The molecule has 0 unspecified atom stereocenters. The van der Waals surface area contributed by atoms with Crippen molar-refractivity contribution in [3.8, 4) is 17.2 Å². The van der Waals surface area contributed by atoms with Crippen molar-refractivity contribution in [2.24, 2.45) is 0 Å². The smallest absolute Gasteiger partial charge is 0.332 e. The molecule has 0 spiro atoms. The molecule has 4 aromatic rings. The molecule has 0 bridgehead atoms. The van der Waals surface area contributed by atoms with Crippen LogP contribution in [0.15, 0.2) is 56.6 Å². The molecule has 0 saturated carbocycles. The number of nitrogens with zero attached hydrogens (tertiary/aromatic N) is 5. The summed E-state index contributed by atoms with van der Waals surface area (Å²) in [4.78, 5) is 44.5. The number of likely N-dealkylation sites (tertiary alicyclic amines) is 1. The van der Waals surface area contributed by atoms with E-state index in [4.69, 9.17) is 9.26 Å². The number of rotatable bonds is 9. The third kappa shape index (κ3) is 5.31. The number of aryl methyl sites for hydroxylation is 1. The fourth-order valence-electron chi connectivity index (χ4n) is 4.82. The molecule has 1 aliphatic heterocycles. The summed E-state index contributed by atoms with van der Waals surface area (Å²) in [6, 6.07) is 11.3. The van der Waals surface area contributed by atoms with E-state index in [9.17, 15) is 23.2 Å². The van der Waals surface area contributed by atoms with Crippen molar-refractivity contribution in [1.29, 1.82) is 0 Å². The number of amides is 1. The van der Waals surface area contributed by atoms with Crippen LogP contribution in [0.4, 0.5) is 8.78 Å². The molecule has 39 heavy (non-hydrogen) atoms. The maximum Gasteiger partial charge on any atom is 0.332 e. The molecular weight excluding hydrogens is 512 g/mol. The Morgan fingerprint density at radius 1 is 1.10 bits per heavy atom. The lowest BCUT2D eigenvalue weighted by Gasteiger charge is -2.31. The molecule has 0 atom stereocenters. The Hall–Kier alpha value is -4.35. The fraction of sp³-hybridized carbons (Fsp3) is 0.370. The molecule has 3 heterocycles. The molecule has 1 amide bonds. The van der Waals surface area contributed by atoms with Crippen LogP contribution in [0.1, 0.15) is 30.3 Å². The molecule has 1 fully saturated rings. The first kappa shape index (κ1) is 26.3. The zero-order chi connectivity index (χ0) is 27.5. The summed E-state index contributed by atoms with van der Waals surface area (Å²) in [5.74, 6) is 0.994. The van der Waals surface area contributed by atoms with Crippen LogP contribution in [0.3, 0.4) is 0 Å². The highest BCUT2D eigenvalue weighted by atomic mass is 19.1. The van der Waals surface area contributed by atoms with E-state index in [1.807, 2.05) is 0 Å². The van der Waals surface area contributed by atoms with E-state index >= 15 is 0 Å². The van der Waals surface area contributed by atoms with Crippen LogP contribution >= 0.6 is 0 Å². The van der Waals surface area contributed by atoms with Gasteiger partial charge in [0.25, 0.3) is 11.4 Å². The predicted octanol–water partition coefficient (Wildman–Crippen LogP) is 3.05. The highest BCUT2D eigenvalue weighted by Gasteiger charge is 2.25. The van der Waals surface area contributed by atoms with Gasteiger partial charge in [-0.05, 0) is 55.7 Å². The molecule has 12 heteroatoms. The number of alkyl halides is 2. The first-order valence-corrected chi connectivity index (χ1v) is 12.6. The number of fused-ring (bicyclic) bond motifs is 1. The van der Waals surface area contributed by atoms with E-state index in [1.54, 1.807) is 46.7 Å². The maximum absolute atomic E-state index is 13.8. The van der Waals surface area contributed by atoms with E-state index in [0.717, 1.165) is 11.0 Å². The van der Waals surface area contributed by atoms with Crippen molar-refractivity contribution in [2.45, 2.75) is 38.5 Å². The topological polar surface area (TPSA) is 112 Å².